The van der Waals surface area contributed by atoms with Crippen molar-refractivity contribution in [3.8, 4) is 17.0 Å². The number of thiazole rings is 2. The zero-order chi connectivity index (χ0) is 17.5. The first-order valence-corrected chi connectivity index (χ1v) is 9.80. The van der Waals surface area contributed by atoms with E-state index in [1.54, 1.807) is 22.7 Å². The molecule has 0 radical (unpaired) electrons. The monoisotopic (exact) mass is 379 g/mol. The topological polar surface area (TPSA) is 64.1 Å². The molecule has 0 fully saturated rings. The van der Waals surface area contributed by atoms with Crippen LogP contribution in [0.4, 0.5) is 5.69 Å². The molecule has 0 unspecified atom stereocenters. The van der Waals surface area contributed by atoms with E-state index in [4.69, 9.17) is 9.72 Å². The number of rotatable bonds is 3. The number of benzene rings is 2. The number of hydrogen-bond donors (Lipinski definition) is 1. The maximum Gasteiger partial charge on any atom is 0.262 e. The third-order valence-corrected chi connectivity index (χ3v) is 5.99. The minimum atomic E-state index is -0.135. The second-order valence-electron chi connectivity index (χ2n) is 5.93. The Bertz CT molecular complexity index is 1100. The number of para-hydroxylation sites is 1. The van der Waals surface area contributed by atoms with Gasteiger partial charge in [0.2, 0.25) is 0 Å². The lowest BCUT2D eigenvalue weighted by molar-refractivity contribution is -0.118. The van der Waals surface area contributed by atoms with E-state index in [0.717, 1.165) is 33.2 Å². The lowest BCUT2D eigenvalue weighted by Crippen LogP contribution is -2.25. The van der Waals surface area contributed by atoms with Crippen molar-refractivity contribution in [2.24, 2.45) is 0 Å². The standard InChI is InChI=1S/C19H13N3O2S2/c23-17-9-24-15-6-5-11(7-13(15)20-17)14-10-25-18(22-14)8-19-21-12-3-1-2-4-16(12)26-19/h1-7,10H,8-9H2,(H,20,23). The van der Waals surface area contributed by atoms with Crippen LogP contribution in [0.5, 0.6) is 5.75 Å². The van der Waals surface area contributed by atoms with Crippen LogP contribution in [0.3, 0.4) is 0 Å². The van der Waals surface area contributed by atoms with Gasteiger partial charge in [0.1, 0.15) is 15.8 Å². The van der Waals surface area contributed by atoms with Gasteiger partial charge < -0.3 is 10.1 Å². The van der Waals surface area contributed by atoms with E-state index in [0.29, 0.717) is 11.4 Å². The van der Waals surface area contributed by atoms with Crippen LogP contribution in [0, 0.1) is 0 Å². The summed E-state index contributed by atoms with van der Waals surface area (Å²) in [6, 6.07) is 13.9. The number of nitrogens with one attached hydrogen (secondary N) is 1. The zero-order valence-electron chi connectivity index (χ0n) is 13.6. The zero-order valence-corrected chi connectivity index (χ0v) is 15.2. The number of hydrogen-bond acceptors (Lipinski definition) is 6. The maximum atomic E-state index is 11.5. The molecule has 4 aromatic rings. The van der Waals surface area contributed by atoms with Crippen LogP contribution in [0.2, 0.25) is 0 Å². The van der Waals surface area contributed by atoms with Gasteiger partial charge in [-0.2, -0.15) is 0 Å². The van der Waals surface area contributed by atoms with Crippen molar-refractivity contribution >= 4 is 44.5 Å². The Hall–Kier alpha value is -2.77. The van der Waals surface area contributed by atoms with Crippen LogP contribution in [0.15, 0.2) is 47.8 Å². The predicted octanol–water partition coefficient (Wildman–Crippen LogP) is 4.34. The van der Waals surface area contributed by atoms with Gasteiger partial charge in [0.05, 0.1) is 28.0 Å². The molecular formula is C19H13N3O2S2. The van der Waals surface area contributed by atoms with E-state index in [1.807, 2.05) is 41.8 Å². The number of amides is 1. The third-order valence-electron chi connectivity index (χ3n) is 4.10. The number of carbonyl (C=O) groups is 1. The second-order valence-corrected chi connectivity index (χ2v) is 7.98. The SMILES string of the molecule is O=C1COc2ccc(-c3csc(Cc4nc5ccccc5s4)n3)cc2N1. The van der Waals surface area contributed by atoms with E-state index in [-0.39, 0.29) is 12.5 Å². The van der Waals surface area contributed by atoms with Gasteiger partial charge in [-0.05, 0) is 30.3 Å². The van der Waals surface area contributed by atoms with E-state index in [9.17, 15) is 4.79 Å². The first-order chi connectivity index (χ1) is 12.7. The van der Waals surface area contributed by atoms with Crippen molar-refractivity contribution in [3.05, 3.63) is 57.9 Å². The van der Waals surface area contributed by atoms with Gasteiger partial charge in [0.15, 0.2) is 6.61 Å². The fraction of sp³-hybridized carbons (Fsp3) is 0.105. The van der Waals surface area contributed by atoms with E-state index in [2.05, 4.69) is 16.4 Å². The van der Waals surface area contributed by atoms with Crippen LogP contribution >= 0.6 is 22.7 Å². The maximum absolute atomic E-state index is 11.5. The van der Waals surface area contributed by atoms with Crippen molar-refractivity contribution in [2.75, 3.05) is 11.9 Å². The number of fused-ring (bicyclic) bond motifs is 2. The quantitative estimate of drug-likeness (QED) is 0.575. The molecule has 26 heavy (non-hydrogen) atoms. The fourth-order valence-corrected chi connectivity index (χ4v) is 4.76. The highest BCUT2D eigenvalue weighted by Gasteiger charge is 2.17. The summed E-state index contributed by atoms with van der Waals surface area (Å²) in [6.45, 7) is 0.0648. The molecule has 1 aliphatic heterocycles. The fourth-order valence-electron chi connectivity index (χ4n) is 2.89. The average molecular weight is 379 g/mol. The van der Waals surface area contributed by atoms with Gasteiger partial charge in [-0.25, -0.2) is 9.97 Å². The highest BCUT2D eigenvalue weighted by molar-refractivity contribution is 7.18. The van der Waals surface area contributed by atoms with Gasteiger partial charge in [-0.15, -0.1) is 22.7 Å². The van der Waals surface area contributed by atoms with Crippen LogP contribution in [0.1, 0.15) is 10.0 Å². The minimum Gasteiger partial charge on any atom is -0.482 e. The molecule has 0 saturated carbocycles. The van der Waals surface area contributed by atoms with Crippen molar-refractivity contribution in [1.29, 1.82) is 0 Å². The third kappa shape index (κ3) is 2.85. The summed E-state index contributed by atoms with van der Waals surface area (Å²) in [5.74, 6) is 0.558. The molecule has 5 nitrogen and oxygen atoms in total. The second kappa shape index (κ2) is 6.19. The van der Waals surface area contributed by atoms with E-state index in [1.165, 1.54) is 4.70 Å². The number of carbonyl (C=O) groups excluding carboxylic acids is 1. The highest BCUT2D eigenvalue weighted by Crippen LogP contribution is 2.33. The molecule has 7 heteroatoms. The summed E-state index contributed by atoms with van der Waals surface area (Å²) in [7, 11) is 0. The van der Waals surface area contributed by atoms with Crippen LogP contribution in [-0.2, 0) is 11.2 Å². The molecule has 0 aliphatic carbocycles. The molecular weight excluding hydrogens is 366 g/mol. The van der Waals surface area contributed by atoms with Crippen molar-refractivity contribution in [1.82, 2.24) is 9.97 Å². The minimum absolute atomic E-state index is 0.0648. The normalized spacial score (nSPS) is 13.3. The molecule has 128 valence electrons. The Morgan fingerprint density at radius 1 is 1.12 bits per heavy atom. The van der Waals surface area contributed by atoms with Crippen LogP contribution in [-0.4, -0.2) is 22.5 Å². The number of nitrogens with zero attached hydrogens (tertiary/aromatic N) is 2. The number of aromatic nitrogens is 2. The Labute approximate surface area is 157 Å². The Morgan fingerprint density at radius 3 is 2.96 bits per heavy atom. The lowest BCUT2D eigenvalue weighted by Gasteiger charge is -2.18. The van der Waals surface area contributed by atoms with Gasteiger partial charge in [0.25, 0.3) is 5.91 Å². The van der Waals surface area contributed by atoms with E-state index < -0.39 is 0 Å². The summed E-state index contributed by atoms with van der Waals surface area (Å²) in [4.78, 5) is 20.9. The summed E-state index contributed by atoms with van der Waals surface area (Å²) >= 11 is 3.33. The molecule has 3 heterocycles. The summed E-state index contributed by atoms with van der Waals surface area (Å²) in [5.41, 5.74) is 3.59. The summed E-state index contributed by atoms with van der Waals surface area (Å²) in [6.07, 6.45) is 0.731. The largest absolute Gasteiger partial charge is 0.482 e. The Balaban J connectivity index is 1.41. The highest BCUT2D eigenvalue weighted by atomic mass is 32.1. The van der Waals surface area contributed by atoms with Crippen molar-refractivity contribution in [3.63, 3.8) is 0 Å². The molecule has 0 bridgehead atoms. The molecule has 1 N–H and O–H groups in total. The summed E-state index contributed by atoms with van der Waals surface area (Å²) < 4.78 is 6.60. The van der Waals surface area contributed by atoms with Gasteiger partial charge in [0, 0.05) is 10.9 Å². The van der Waals surface area contributed by atoms with Crippen molar-refractivity contribution in [2.45, 2.75) is 6.42 Å². The van der Waals surface area contributed by atoms with Gasteiger partial charge >= 0.3 is 0 Å². The Morgan fingerprint density at radius 2 is 2.04 bits per heavy atom. The molecule has 5 rings (SSSR count). The predicted molar refractivity (Wildman–Crippen MR) is 104 cm³/mol. The molecule has 0 saturated heterocycles. The lowest BCUT2D eigenvalue weighted by atomic mass is 10.1. The first kappa shape index (κ1) is 15.5. The van der Waals surface area contributed by atoms with Gasteiger partial charge in [-0.1, -0.05) is 12.1 Å². The number of ether oxygens (including phenoxy) is 1. The average Bonchev–Trinajstić information content (AvgIpc) is 3.27. The molecule has 2 aromatic heterocycles. The Kier molecular flexibility index (Phi) is 3.69. The molecule has 2 aromatic carbocycles. The van der Waals surface area contributed by atoms with Crippen LogP contribution < -0.4 is 10.1 Å². The summed E-state index contributed by atoms with van der Waals surface area (Å²) in [5, 5.41) is 6.97. The molecule has 0 atom stereocenters. The van der Waals surface area contributed by atoms with Crippen molar-refractivity contribution < 1.29 is 9.53 Å². The van der Waals surface area contributed by atoms with Crippen LogP contribution in [0.25, 0.3) is 21.5 Å². The first-order valence-electron chi connectivity index (χ1n) is 8.10. The molecule has 1 amide bonds. The number of anilines is 1. The smallest absolute Gasteiger partial charge is 0.262 e. The van der Waals surface area contributed by atoms with E-state index >= 15 is 0 Å². The van der Waals surface area contributed by atoms with Gasteiger partial charge in [-0.3, -0.25) is 4.79 Å². The molecule has 0 spiro atoms. The molecule has 1 aliphatic rings.